The van der Waals surface area contributed by atoms with E-state index in [2.05, 4.69) is 26.6 Å². The van der Waals surface area contributed by atoms with Crippen LogP contribution in [0.2, 0.25) is 0 Å². The molecular weight excluding hydrogens is 341 g/mol. The molecule has 0 aliphatic carbocycles. The highest BCUT2D eigenvalue weighted by atomic mass is 79.9. The molecule has 2 N–H and O–H groups in total. The van der Waals surface area contributed by atoms with Crippen molar-refractivity contribution in [3.05, 3.63) is 28.2 Å². The molecule has 0 radical (unpaired) electrons. The van der Waals surface area contributed by atoms with Gasteiger partial charge in [0.25, 0.3) is 0 Å². The van der Waals surface area contributed by atoms with E-state index in [-0.39, 0.29) is 4.47 Å². The van der Waals surface area contributed by atoms with Crippen molar-refractivity contribution >= 4 is 38.9 Å². The first-order chi connectivity index (χ1) is 8.70. The van der Waals surface area contributed by atoms with Gasteiger partial charge in [0.05, 0.1) is 5.56 Å². The van der Waals surface area contributed by atoms with Gasteiger partial charge < -0.3 is 10.6 Å². The van der Waals surface area contributed by atoms with Crippen LogP contribution in [0.1, 0.15) is 19.4 Å². The first kappa shape index (κ1) is 16.2. The molecule has 0 spiro atoms. The molecule has 0 unspecified atom stereocenters. The molecule has 0 bridgehead atoms. The van der Waals surface area contributed by atoms with Crippen LogP contribution in [0, 0.1) is 5.92 Å². The highest BCUT2D eigenvalue weighted by molar-refractivity contribution is 9.10. The lowest BCUT2D eigenvalue weighted by Crippen LogP contribution is -2.31. The Balaban J connectivity index is 2.78. The lowest BCUT2D eigenvalue weighted by atomic mass is 10.2. The maximum atomic E-state index is 12.7. The second-order valence-electron chi connectivity index (χ2n) is 4.42. The largest absolute Gasteiger partial charge is 0.417 e. The van der Waals surface area contributed by atoms with Gasteiger partial charge in [-0.25, -0.2) is 0 Å². The average molecular weight is 355 g/mol. The molecule has 19 heavy (non-hydrogen) atoms. The summed E-state index contributed by atoms with van der Waals surface area (Å²) in [6, 6.07) is 3.90. The number of alkyl halides is 3. The summed E-state index contributed by atoms with van der Waals surface area (Å²) in [4.78, 5) is 0. The molecule has 0 aliphatic heterocycles. The summed E-state index contributed by atoms with van der Waals surface area (Å²) in [6.45, 7) is 4.68. The fourth-order valence-corrected chi connectivity index (χ4v) is 1.96. The van der Waals surface area contributed by atoms with E-state index >= 15 is 0 Å². The summed E-state index contributed by atoms with van der Waals surface area (Å²) >= 11 is 7.89. The van der Waals surface area contributed by atoms with E-state index in [9.17, 15) is 13.2 Å². The van der Waals surface area contributed by atoms with Crippen molar-refractivity contribution in [1.82, 2.24) is 5.32 Å². The second kappa shape index (κ2) is 6.56. The highest BCUT2D eigenvalue weighted by Crippen LogP contribution is 2.36. The summed E-state index contributed by atoms with van der Waals surface area (Å²) in [5.74, 6) is 0.399. The van der Waals surface area contributed by atoms with Crippen LogP contribution in [0.15, 0.2) is 22.7 Å². The molecule has 0 saturated heterocycles. The van der Waals surface area contributed by atoms with Crippen molar-refractivity contribution in [1.29, 1.82) is 0 Å². The number of thiocarbonyl (C=S) groups is 1. The highest BCUT2D eigenvalue weighted by Gasteiger charge is 2.33. The van der Waals surface area contributed by atoms with Crippen LogP contribution in [0.25, 0.3) is 0 Å². The zero-order valence-corrected chi connectivity index (χ0v) is 12.8. The van der Waals surface area contributed by atoms with Crippen LogP contribution in [-0.2, 0) is 6.18 Å². The SMILES string of the molecule is CC(C)CNC(=S)Nc1ccc(Br)c(C(F)(F)F)c1. The second-order valence-corrected chi connectivity index (χ2v) is 5.68. The van der Waals surface area contributed by atoms with E-state index in [1.165, 1.54) is 12.1 Å². The number of anilines is 1. The number of nitrogens with one attached hydrogen (secondary N) is 2. The zero-order valence-electron chi connectivity index (χ0n) is 10.4. The maximum absolute atomic E-state index is 12.7. The third kappa shape index (κ3) is 5.36. The molecule has 0 fully saturated rings. The molecule has 1 aromatic rings. The molecular formula is C12H14BrF3N2S. The van der Waals surface area contributed by atoms with Gasteiger partial charge in [-0.1, -0.05) is 29.8 Å². The van der Waals surface area contributed by atoms with E-state index in [4.69, 9.17) is 12.2 Å². The zero-order chi connectivity index (χ0) is 14.6. The normalized spacial score (nSPS) is 11.5. The van der Waals surface area contributed by atoms with Crippen LogP contribution in [0.5, 0.6) is 0 Å². The molecule has 106 valence electrons. The van der Waals surface area contributed by atoms with Crippen LogP contribution in [0.3, 0.4) is 0 Å². The molecule has 0 amide bonds. The standard InChI is InChI=1S/C12H14BrF3N2S/c1-7(2)6-17-11(19)18-8-3-4-10(13)9(5-8)12(14,15)16/h3-5,7H,6H2,1-2H3,(H2,17,18,19). The fourth-order valence-electron chi connectivity index (χ4n) is 1.29. The third-order valence-electron chi connectivity index (χ3n) is 2.20. The van der Waals surface area contributed by atoms with Crippen molar-refractivity contribution in [2.24, 2.45) is 5.92 Å². The number of hydrogen-bond acceptors (Lipinski definition) is 1. The predicted molar refractivity (Wildman–Crippen MR) is 78.2 cm³/mol. The van der Waals surface area contributed by atoms with E-state index in [0.29, 0.717) is 23.3 Å². The molecule has 0 aliphatic rings. The Kier molecular flexibility index (Phi) is 5.61. The van der Waals surface area contributed by atoms with Gasteiger partial charge in [0.15, 0.2) is 5.11 Å². The van der Waals surface area contributed by atoms with Crippen molar-refractivity contribution in [3.8, 4) is 0 Å². The van der Waals surface area contributed by atoms with Crippen molar-refractivity contribution < 1.29 is 13.2 Å². The van der Waals surface area contributed by atoms with Gasteiger partial charge in [0.1, 0.15) is 0 Å². The van der Waals surface area contributed by atoms with E-state index in [1.807, 2.05) is 13.8 Å². The Morgan fingerprint density at radius 2 is 2.00 bits per heavy atom. The van der Waals surface area contributed by atoms with Crippen molar-refractivity contribution in [2.45, 2.75) is 20.0 Å². The summed E-state index contributed by atoms with van der Waals surface area (Å²) < 4.78 is 38.1. The Labute approximate surface area is 123 Å². The van der Waals surface area contributed by atoms with E-state index < -0.39 is 11.7 Å². The van der Waals surface area contributed by atoms with Crippen LogP contribution < -0.4 is 10.6 Å². The van der Waals surface area contributed by atoms with Gasteiger partial charge in [-0.2, -0.15) is 13.2 Å². The topological polar surface area (TPSA) is 24.1 Å². The van der Waals surface area contributed by atoms with Crippen molar-refractivity contribution in [2.75, 3.05) is 11.9 Å². The Morgan fingerprint density at radius 3 is 2.53 bits per heavy atom. The minimum absolute atomic E-state index is 0.00612. The van der Waals surface area contributed by atoms with Crippen LogP contribution >= 0.6 is 28.1 Å². The molecule has 0 atom stereocenters. The lowest BCUT2D eigenvalue weighted by Gasteiger charge is -2.14. The molecule has 0 saturated carbocycles. The summed E-state index contributed by atoms with van der Waals surface area (Å²) in [5.41, 5.74) is -0.430. The molecule has 1 aromatic carbocycles. The van der Waals surface area contributed by atoms with Gasteiger partial charge in [0.2, 0.25) is 0 Å². The minimum Gasteiger partial charge on any atom is -0.362 e. The average Bonchev–Trinajstić information content (AvgIpc) is 2.27. The van der Waals surface area contributed by atoms with Gasteiger partial charge in [-0.05, 0) is 36.3 Å². The number of benzene rings is 1. The fraction of sp³-hybridized carbons (Fsp3) is 0.417. The van der Waals surface area contributed by atoms with Gasteiger partial charge >= 0.3 is 6.18 Å². The Hall–Kier alpha value is -0.820. The first-order valence-corrected chi connectivity index (χ1v) is 6.82. The van der Waals surface area contributed by atoms with Gasteiger partial charge in [0, 0.05) is 16.7 Å². The number of halogens is 4. The molecule has 1 rings (SSSR count). The van der Waals surface area contributed by atoms with Gasteiger partial charge in [-0.15, -0.1) is 0 Å². The Morgan fingerprint density at radius 1 is 1.37 bits per heavy atom. The number of rotatable bonds is 3. The predicted octanol–water partition coefficient (Wildman–Crippen LogP) is 4.41. The molecule has 0 aromatic heterocycles. The monoisotopic (exact) mass is 354 g/mol. The summed E-state index contributed by atoms with van der Waals surface area (Å²) in [7, 11) is 0. The maximum Gasteiger partial charge on any atom is 0.417 e. The van der Waals surface area contributed by atoms with Crippen LogP contribution in [-0.4, -0.2) is 11.7 Å². The lowest BCUT2D eigenvalue weighted by molar-refractivity contribution is -0.138. The minimum atomic E-state index is -4.40. The first-order valence-electron chi connectivity index (χ1n) is 5.61. The quantitative estimate of drug-likeness (QED) is 0.786. The summed E-state index contributed by atoms with van der Waals surface area (Å²) in [5, 5.41) is 5.98. The third-order valence-corrected chi connectivity index (χ3v) is 3.14. The molecule has 2 nitrogen and oxygen atoms in total. The van der Waals surface area contributed by atoms with Gasteiger partial charge in [-0.3, -0.25) is 0 Å². The van der Waals surface area contributed by atoms with Crippen molar-refractivity contribution in [3.63, 3.8) is 0 Å². The van der Waals surface area contributed by atoms with E-state index in [0.717, 1.165) is 6.07 Å². The van der Waals surface area contributed by atoms with E-state index in [1.54, 1.807) is 0 Å². The molecule has 7 heteroatoms. The molecule has 0 heterocycles. The summed E-state index contributed by atoms with van der Waals surface area (Å²) in [6.07, 6.45) is -4.40. The van der Waals surface area contributed by atoms with Crippen LogP contribution in [0.4, 0.5) is 18.9 Å². The number of hydrogen-bond donors (Lipinski definition) is 2. The smallest absolute Gasteiger partial charge is 0.362 e. The Bertz CT molecular complexity index is 461.